The summed E-state index contributed by atoms with van der Waals surface area (Å²) in [6.07, 6.45) is -23.5. The first-order valence-corrected chi connectivity index (χ1v) is 24.2. The van der Waals surface area contributed by atoms with E-state index in [0.717, 1.165) is 60.7 Å². The molecule has 2 heterocycles. The summed E-state index contributed by atoms with van der Waals surface area (Å²) in [4.78, 5) is 23.9. The van der Waals surface area contributed by atoms with E-state index in [1.807, 2.05) is 0 Å². The van der Waals surface area contributed by atoms with E-state index in [2.05, 4.69) is 9.47 Å². The first-order valence-electron chi connectivity index (χ1n) is 21.2. The molecule has 2 fully saturated rings. The third-order valence-corrected chi connectivity index (χ3v) is 16.9. The maximum absolute atomic E-state index is 13.5. The average molecular weight is 1150 g/mol. The second kappa shape index (κ2) is 22.2. The zero-order valence-electron chi connectivity index (χ0n) is 38.0. The Bertz CT molecular complexity index is 2740. The van der Waals surface area contributed by atoms with Crippen LogP contribution in [0.15, 0.2) is 94.7 Å². The van der Waals surface area contributed by atoms with Crippen LogP contribution in [0, 0.1) is 0 Å². The monoisotopic (exact) mass is 1150 g/mol. The molecule has 4 N–H and O–H groups in total. The number of hydroxylamine groups is 2. The number of carbonyl (C=O) groups is 2. The van der Waals surface area contributed by atoms with Gasteiger partial charge in [-0.1, -0.05) is 36.4 Å². The number of ether oxygens (including phenoxy) is 4. The van der Waals surface area contributed by atoms with E-state index in [0.29, 0.717) is 24.3 Å². The van der Waals surface area contributed by atoms with Crippen molar-refractivity contribution in [3.05, 3.63) is 96.1 Å². The summed E-state index contributed by atoms with van der Waals surface area (Å²) in [5.41, 5.74) is -0.921. The zero-order valence-corrected chi connectivity index (χ0v) is 39.6. The Labute approximate surface area is 418 Å². The smallest absolute Gasteiger partial charge is 0.456 e. The minimum Gasteiger partial charge on any atom is -0.486 e. The highest BCUT2D eigenvalue weighted by Crippen LogP contribution is 2.45. The van der Waals surface area contributed by atoms with Gasteiger partial charge in [-0.15, -0.1) is 0 Å². The number of carbonyl (C=O) groups excluding carboxylic acids is 2. The molecular formula is C44H38F16N2O12S2. The average Bonchev–Trinajstić information content (AvgIpc) is 3.36. The minimum absolute atomic E-state index is 0.0225. The molecule has 0 radical (unpaired) electrons. The van der Waals surface area contributed by atoms with Crippen molar-refractivity contribution in [2.24, 2.45) is 0 Å². The molecule has 2 saturated heterocycles. The van der Waals surface area contributed by atoms with Crippen molar-refractivity contribution in [2.45, 2.75) is 81.5 Å². The van der Waals surface area contributed by atoms with E-state index in [4.69, 9.17) is 19.9 Å². The van der Waals surface area contributed by atoms with Crippen LogP contribution in [0.25, 0.3) is 22.3 Å². The Morgan fingerprint density at radius 3 is 1.00 bits per heavy atom. The van der Waals surface area contributed by atoms with E-state index >= 15 is 0 Å². The summed E-state index contributed by atoms with van der Waals surface area (Å²) in [6.45, 7) is -5.11. The number of nitrogens with one attached hydrogen (secondary N) is 2. The van der Waals surface area contributed by atoms with Crippen LogP contribution in [0.5, 0.6) is 11.5 Å². The fraction of sp³-hybridized carbons (Fsp3) is 0.409. The maximum atomic E-state index is 13.5. The van der Waals surface area contributed by atoms with E-state index in [-0.39, 0.29) is 84.2 Å². The van der Waals surface area contributed by atoms with Crippen molar-refractivity contribution in [3.63, 3.8) is 0 Å². The molecule has 6 rings (SSSR count). The molecule has 2 amide bonds. The van der Waals surface area contributed by atoms with E-state index in [1.54, 1.807) is 0 Å². The van der Waals surface area contributed by atoms with Crippen LogP contribution in [-0.4, -0.2) is 112 Å². The van der Waals surface area contributed by atoms with E-state index in [9.17, 15) is 96.7 Å². The third-order valence-electron chi connectivity index (χ3n) is 11.9. The molecular weight excluding hydrogens is 1120 g/mol. The molecule has 0 spiro atoms. The van der Waals surface area contributed by atoms with Gasteiger partial charge in [0, 0.05) is 26.4 Å². The number of alkyl halides is 16. The molecule has 32 heteroatoms. The fourth-order valence-corrected chi connectivity index (χ4v) is 11.4. The second-order valence-corrected chi connectivity index (χ2v) is 21.1. The lowest BCUT2D eigenvalue weighted by Crippen LogP contribution is -2.54. The molecule has 0 aromatic heterocycles. The first kappa shape index (κ1) is 60.9. The molecule has 2 aliphatic heterocycles. The fourth-order valence-electron chi connectivity index (χ4n) is 7.56. The summed E-state index contributed by atoms with van der Waals surface area (Å²) in [5.74, 6) is -15.7. The molecule has 4 aromatic carbocycles. The van der Waals surface area contributed by atoms with Crippen molar-refractivity contribution < 1.29 is 126 Å². The van der Waals surface area contributed by atoms with Gasteiger partial charge in [-0.3, -0.25) is 20.0 Å². The molecule has 420 valence electrons. The molecule has 0 unspecified atom stereocenters. The van der Waals surface area contributed by atoms with Gasteiger partial charge in [-0.2, -0.15) is 70.2 Å². The number of sulfone groups is 2. The van der Waals surface area contributed by atoms with Crippen molar-refractivity contribution in [1.29, 1.82) is 0 Å². The minimum atomic E-state index is -6.03. The second-order valence-electron chi connectivity index (χ2n) is 16.5. The van der Waals surface area contributed by atoms with Gasteiger partial charge in [0.15, 0.2) is 42.4 Å². The highest BCUT2D eigenvalue weighted by Gasteiger charge is 2.60. The van der Waals surface area contributed by atoms with E-state index in [1.165, 1.54) is 11.0 Å². The summed E-state index contributed by atoms with van der Waals surface area (Å²) >= 11 is 0. The first-order chi connectivity index (χ1) is 34.9. The SMILES string of the molecule is O=C(NO)C1(S(=O)(=O)c2ccc(-c3ccc(OCC(F)(F)C(F)(F)F)c(C(F)(F)F)c3)cc2)CCOCC1.O=C(NO)C1(S(=O)(=O)c2ccc(-c3ccc(OCC(F)(F)C(F)(F)F)c(C(F)(F)F)c3)cc2)CCOCC1. The van der Waals surface area contributed by atoms with Gasteiger partial charge >= 0.3 is 36.6 Å². The standard InChI is InChI=1S/2C22H19F8NO6S/c2*23-20(24,22(28,29)30)12-37-17-6-3-14(11-16(17)21(25,26)27)13-1-4-15(5-2-13)38(34,35)19(18(32)31-33)7-9-36-10-8-19/h2*1-6,11,33H,7-10,12H2,(H,31,32). The highest BCUT2D eigenvalue weighted by atomic mass is 32.2. The number of halogens is 16. The van der Waals surface area contributed by atoms with Gasteiger partial charge in [0.1, 0.15) is 11.5 Å². The lowest BCUT2D eigenvalue weighted by Gasteiger charge is -2.34. The quantitative estimate of drug-likeness (QED) is 0.0530. The van der Waals surface area contributed by atoms with Crippen molar-refractivity contribution in [1.82, 2.24) is 11.0 Å². The summed E-state index contributed by atoms with van der Waals surface area (Å²) in [7, 11) is -8.84. The Balaban J connectivity index is 0.000000281. The van der Waals surface area contributed by atoms with Crippen LogP contribution in [0.3, 0.4) is 0 Å². The zero-order chi connectivity index (χ0) is 57.1. The van der Waals surface area contributed by atoms with Crippen LogP contribution in [-0.2, 0) is 51.1 Å². The van der Waals surface area contributed by atoms with Gasteiger partial charge in [-0.25, -0.2) is 27.8 Å². The van der Waals surface area contributed by atoms with E-state index < -0.39 is 113 Å². The molecule has 0 saturated carbocycles. The van der Waals surface area contributed by atoms with Crippen LogP contribution >= 0.6 is 0 Å². The van der Waals surface area contributed by atoms with Gasteiger partial charge in [-0.05, 0) is 96.5 Å². The Hall–Kier alpha value is -5.96. The normalized spacial score (nSPS) is 16.7. The Morgan fingerprint density at radius 2 is 0.750 bits per heavy atom. The lowest BCUT2D eigenvalue weighted by atomic mass is 9.98. The van der Waals surface area contributed by atoms with Gasteiger partial charge in [0.2, 0.25) is 0 Å². The van der Waals surface area contributed by atoms with Gasteiger partial charge in [0.05, 0.1) is 20.9 Å². The van der Waals surface area contributed by atoms with Gasteiger partial charge in [0.25, 0.3) is 11.8 Å². The number of benzene rings is 4. The van der Waals surface area contributed by atoms with Crippen LogP contribution < -0.4 is 20.4 Å². The van der Waals surface area contributed by atoms with Crippen LogP contribution in [0.1, 0.15) is 36.8 Å². The molecule has 0 aliphatic carbocycles. The highest BCUT2D eigenvalue weighted by molar-refractivity contribution is 7.94. The number of hydrogen-bond acceptors (Lipinski definition) is 12. The molecule has 14 nitrogen and oxygen atoms in total. The predicted molar refractivity (Wildman–Crippen MR) is 227 cm³/mol. The van der Waals surface area contributed by atoms with Crippen LogP contribution in [0.2, 0.25) is 0 Å². The molecule has 4 aromatic rings. The number of rotatable bonds is 14. The Kier molecular flexibility index (Phi) is 17.8. The van der Waals surface area contributed by atoms with Crippen molar-refractivity contribution in [2.75, 3.05) is 39.6 Å². The number of amides is 2. The third kappa shape index (κ3) is 12.6. The Morgan fingerprint density at radius 1 is 0.474 bits per heavy atom. The largest absolute Gasteiger partial charge is 0.486 e. The molecule has 76 heavy (non-hydrogen) atoms. The molecule has 0 bridgehead atoms. The summed E-state index contributed by atoms with van der Waals surface area (Å²) < 4.78 is 275. The van der Waals surface area contributed by atoms with Crippen molar-refractivity contribution in [3.8, 4) is 33.8 Å². The van der Waals surface area contributed by atoms with Gasteiger partial charge < -0.3 is 18.9 Å². The maximum Gasteiger partial charge on any atom is 0.456 e. The van der Waals surface area contributed by atoms with Crippen LogP contribution in [0.4, 0.5) is 70.2 Å². The predicted octanol–water partition coefficient (Wildman–Crippen LogP) is 9.55. The molecule has 0 atom stereocenters. The summed E-state index contributed by atoms with van der Waals surface area (Å²) in [6, 6.07) is 12.5. The lowest BCUT2D eigenvalue weighted by molar-refractivity contribution is -0.290. The summed E-state index contributed by atoms with van der Waals surface area (Å²) in [5, 5.41) is 18.2. The number of hydrogen-bond donors (Lipinski definition) is 4. The molecule has 2 aliphatic rings. The van der Waals surface area contributed by atoms with Crippen molar-refractivity contribution >= 4 is 31.5 Å². The topological polar surface area (TPSA) is 204 Å².